The van der Waals surface area contributed by atoms with Crippen LogP contribution in [0.2, 0.25) is 0 Å². The van der Waals surface area contributed by atoms with Crippen LogP contribution in [0.4, 0.5) is 4.39 Å². The van der Waals surface area contributed by atoms with E-state index in [0.717, 1.165) is 5.57 Å². The van der Waals surface area contributed by atoms with Crippen molar-refractivity contribution in [1.29, 1.82) is 0 Å². The van der Waals surface area contributed by atoms with E-state index in [4.69, 9.17) is 0 Å². The molecular weight excluding hydrogens is 165 g/mol. The molecule has 0 atom stereocenters. The molecule has 1 rings (SSSR count). The summed E-state index contributed by atoms with van der Waals surface area (Å²) in [5.41, 5.74) is 5.38. The summed E-state index contributed by atoms with van der Waals surface area (Å²) in [5.74, 6) is -0.144. The molecule has 13 heavy (non-hydrogen) atoms. The predicted octanol–water partition coefficient (Wildman–Crippen LogP) is 1.99. The summed E-state index contributed by atoms with van der Waals surface area (Å²) < 4.78 is 13.4. The largest absolute Gasteiger partial charge is 0.354 e. The third-order valence-electron chi connectivity index (χ3n) is 2.64. The van der Waals surface area contributed by atoms with E-state index in [9.17, 15) is 4.39 Å². The molecule has 0 aliphatic heterocycles. The Hall–Kier alpha value is -0.890. The summed E-state index contributed by atoms with van der Waals surface area (Å²) in [4.78, 5) is 0. The monoisotopic (exact) mass is 182 g/mol. The Morgan fingerprint density at radius 2 is 2.08 bits per heavy atom. The van der Waals surface area contributed by atoms with Gasteiger partial charge in [0.25, 0.3) is 0 Å². The molecule has 1 aliphatic rings. The zero-order chi connectivity index (χ0) is 10.1. The van der Waals surface area contributed by atoms with Gasteiger partial charge in [0.15, 0.2) is 0 Å². The molecule has 0 amide bonds. The second kappa shape index (κ2) is 3.46. The van der Waals surface area contributed by atoms with E-state index in [0.29, 0.717) is 12.1 Å². The third kappa shape index (κ3) is 2.07. The number of rotatable bonds is 1. The molecule has 0 bridgehead atoms. The maximum Gasteiger partial charge on any atom is 0.131 e. The van der Waals surface area contributed by atoms with Crippen LogP contribution in [-0.4, -0.2) is 6.54 Å². The van der Waals surface area contributed by atoms with Crippen molar-refractivity contribution in [2.75, 3.05) is 6.54 Å². The van der Waals surface area contributed by atoms with Crippen LogP contribution in [0.5, 0.6) is 0 Å². The first-order valence-electron chi connectivity index (χ1n) is 4.53. The fourth-order valence-corrected chi connectivity index (χ4v) is 1.19. The standard InChI is InChI=1S/C11H16FN/c1-8-6-10(12)9(7-13)4-5-11(8,2)3/h4-6H,7,13H2,1-3H3/p+1. The van der Waals surface area contributed by atoms with Gasteiger partial charge in [0.1, 0.15) is 12.4 Å². The van der Waals surface area contributed by atoms with Gasteiger partial charge in [-0.15, -0.1) is 0 Å². The lowest BCUT2D eigenvalue weighted by atomic mass is 9.85. The third-order valence-corrected chi connectivity index (χ3v) is 2.64. The van der Waals surface area contributed by atoms with Crippen LogP contribution < -0.4 is 5.73 Å². The van der Waals surface area contributed by atoms with Gasteiger partial charge in [0.05, 0.1) is 0 Å². The number of halogens is 1. The van der Waals surface area contributed by atoms with E-state index < -0.39 is 0 Å². The minimum absolute atomic E-state index is 0.0474. The molecule has 1 nitrogen and oxygen atoms in total. The fraction of sp³-hybridized carbons (Fsp3) is 0.455. The average Bonchev–Trinajstić information content (AvgIpc) is 2.12. The van der Waals surface area contributed by atoms with Gasteiger partial charge in [-0.2, -0.15) is 0 Å². The van der Waals surface area contributed by atoms with Gasteiger partial charge >= 0.3 is 0 Å². The van der Waals surface area contributed by atoms with Crippen LogP contribution in [0.3, 0.4) is 0 Å². The summed E-state index contributed by atoms with van der Waals surface area (Å²) in [5, 5.41) is 0. The zero-order valence-corrected chi connectivity index (χ0v) is 8.52. The molecule has 72 valence electrons. The molecule has 0 saturated heterocycles. The molecular formula is C11H17FN+. The number of hydrogen-bond acceptors (Lipinski definition) is 0. The molecule has 0 radical (unpaired) electrons. The van der Waals surface area contributed by atoms with Crippen LogP contribution in [0.25, 0.3) is 0 Å². The van der Waals surface area contributed by atoms with Gasteiger partial charge in [-0.1, -0.05) is 31.6 Å². The lowest BCUT2D eigenvalue weighted by molar-refractivity contribution is -0.355. The Labute approximate surface area is 78.8 Å². The van der Waals surface area contributed by atoms with E-state index in [2.05, 4.69) is 19.6 Å². The second-order valence-corrected chi connectivity index (χ2v) is 4.01. The molecule has 0 spiro atoms. The van der Waals surface area contributed by atoms with Crippen molar-refractivity contribution in [1.82, 2.24) is 0 Å². The Morgan fingerprint density at radius 1 is 1.46 bits per heavy atom. The smallest absolute Gasteiger partial charge is 0.131 e. The molecule has 0 aromatic rings. The fourth-order valence-electron chi connectivity index (χ4n) is 1.19. The van der Waals surface area contributed by atoms with Crippen molar-refractivity contribution in [3.05, 3.63) is 35.2 Å². The average molecular weight is 182 g/mol. The number of quaternary nitrogens is 1. The Balaban J connectivity index is 3.15. The van der Waals surface area contributed by atoms with E-state index in [1.54, 1.807) is 6.08 Å². The summed E-state index contributed by atoms with van der Waals surface area (Å²) in [6, 6.07) is 0. The predicted molar refractivity (Wildman–Crippen MR) is 52.6 cm³/mol. The van der Waals surface area contributed by atoms with Gasteiger partial charge in [0, 0.05) is 11.0 Å². The highest BCUT2D eigenvalue weighted by molar-refractivity contribution is 5.38. The minimum Gasteiger partial charge on any atom is -0.354 e. The van der Waals surface area contributed by atoms with Crippen LogP contribution in [0, 0.1) is 5.41 Å². The number of hydrogen-bond donors (Lipinski definition) is 1. The Kier molecular flexibility index (Phi) is 2.71. The summed E-state index contributed by atoms with van der Waals surface area (Å²) >= 11 is 0. The Morgan fingerprint density at radius 3 is 2.62 bits per heavy atom. The van der Waals surface area contributed by atoms with E-state index in [-0.39, 0.29) is 11.2 Å². The molecule has 0 fully saturated rings. The second-order valence-electron chi connectivity index (χ2n) is 4.01. The van der Waals surface area contributed by atoms with Crippen LogP contribution >= 0.6 is 0 Å². The summed E-state index contributed by atoms with van der Waals surface area (Å²) in [6.45, 7) is 6.61. The molecule has 0 heterocycles. The number of allylic oxidation sites excluding steroid dienone is 4. The van der Waals surface area contributed by atoms with Crippen molar-refractivity contribution < 1.29 is 10.1 Å². The van der Waals surface area contributed by atoms with Gasteiger partial charge in [0.2, 0.25) is 0 Å². The molecule has 0 aromatic carbocycles. The van der Waals surface area contributed by atoms with E-state index in [1.165, 1.54) is 0 Å². The van der Waals surface area contributed by atoms with Gasteiger partial charge in [-0.25, -0.2) is 4.39 Å². The minimum atomic E-state index is -0.144. The zero-order valence-electron chi connectivity index (χ0n) is 8.52. The van der Waals surface area contributed by atoms with Gasteiger partial charge in [-0.05, 0) is 13.0 Å². The lowest BCUT2D eigenvalue weighted by Gasteiger charge is -2.19. The molecule has 3 N–H and O–H groups in total. The van der Waals surface area contributed by atoms with Gasteiger partial charge in [-0.3, -0.25) is 0 Å². The van der Waals surface area contributed by atoms with Crippen molar-refractivity contribution in [3.63, 3.8) is 0 Å². The highest BCUT2D eigenvalue weighted by atomic mass is 19.1. The first kappa shape index (κ1) is 10.2. The van der Waals surface area contributed by atoms with Crippen molar-refractivity contribution in [2.45, 2.75) is 20.8 Å². The van der Waals surface area contributed by atoms with Crippen LogP contribution in [0.1, 0.15) is 20.8 Å². The summed E-state index contributed by atoms with van der Waals surface area (Å²) in [6.07, 6.45) is 5.49. The topological polar surface area (TPSA) is 27.6 Å². The molecule has 0 unspecified atom stereocenters. The lowest BCUT2D eigenvalue weighted by Crippen LogP contribution is -2.51. The van der Waals surface area contributed by atoms with Crippen LogP contribution in [0.15, 0.2) is 35.2 Å². The van der Waals surface area contributed by atoms with Crippen molar-refractivity contribution in [3.8, 4) is 0 Å². The summed E-state index contributed by atoms with van der Waals surface area (Å²) in [7, 11) is 0. The SMILES string of the molecule is CC1=CC(F)=C(C[NH3+])C=CC1(C)C. The maximum atomic E-state index is 13.4. The first-order chi connectivity index (χ1) is 5.97. The molecule has 2 heteroatoms. The normalized spacial score (nSPS) is 21.5. The van der Waals surface area contributed by atoms with E-state index in [1.807, 2.05) is 19.1 Å². The highest BCUT2D eigenvalue weighted by Gasteiger charge is 2.20. The molecule has 1 aliphatic carbocycles. The molecule has 0 saturated carbocycles. The quantitative estimate of drug-likeness (QED) is 0.642. The van der Waals surface area contributed by atoms with Crippen molar-refractivity contribution >= 4 is 0 Å². The molecule has 0 aromatic heterocycles. The maximum absolute atomic E-state index is 13.4. The van der Waals surface area contributed by atoms with Gasteiger partial charge < -0.3 is 5.73 Å². The van der Waals surface area contributed by atoms with Crippen molar-refractivity contribution in [2.24, 2.45) is 5.41 Å². The first-order valence-corrected chi connectivity index (χ1v) is 4.53. The van der Waals surface area contributed by atoms with Crippen LogP contribution in [-0.2, 0) is 0 Å². The Bertz CT molecular complexity index is 295. The van der Waals surface area contributed by atoms with E-state index >= 15 is 0 Å². The highest BCUT2D eigenvalue weighted by Crippen LogP contribution is 2.32.